The summed E-state index contributed by atoms with van der Waals surface area (Å²) in [5.74, 6) is 0.371. The van der Waals surface area contributed by atoms with Crippen molar-refractivity contribution in [2.75, 3.05) is 19.6 Å². The van der Waals surface area contributed by atoms with Gasteiger partial charge >= 0.3 is 0 Å². The first-order chi connectivity index (χ1) is 11.1. The molecule has 5 heteroatoms. The van der Waals surface area contributed by atoms with Crippen LogP contribution >= 0.6 is 0 Å². The van der Waals surface area contributed by atoms with Crippen LogP contribution in [0.25, 0.3) is 11.1 Å². The molecule has 1 aliphatic rings. The van der Waals surface area contributed by atoms with Crippen molar-refractivity contribution >= 4 is 10.0 Å². The first-order valence-electron chi connectivity index (χ1n) is 8.01. The van der Waals surface area contributed by atoms with Gasteiger partial charge in [0.15, 0.2) is 0 Å². The van der Waals surface area contributed by atoms with Gasteiger partial charge in [-0.3, -0.25) is 0 Å². The smallest absolute Gasteiger partial charge is 0.240 e. The molecule has 0 spiro atoms. The average molecular weight is 330 g/mol. The van der Waals surface area contributed by atoms with Crippen molar-refractivity contribution < 1.29 is 8.42 Å². The lowest BCUT2D eigenvalue weighted by molar-refractivity contribution is 0.376. The summed E-state index contributed by atoms with van der Waals surface area (Å²) < 4.78 is 27.8. The van der Waals surface area contributed by atoms with Crippen LogP contribution in [0.1, 0.15) is 12.8 Å². The van der Waals surface area contributed by atoms with Gasteiger partial charge in [0.05, 0.1) is 4.90 Å². The molecular weight excluding hydrogens is 308 g/mol. The number of nitrogens with one attached hydrogen (secondary N) is 2. The van der Waals surface area contributed by atoms with Crippen molar-refractivity contribution in [2.45, 2.75) is 17.7 Å². The lowest BCUT2D eigenvalue weighted by atomic mass is 10.0. The van der Waals surface area contributed by atoms with E-state index in [0.717, 1.165) is 37.1 Å². The Bertz CT molecular complexity index is 739. The molecule has 2 N–H and O–H groups in total. The molecule has 0 radical (unpaired) electrons. The minimum absolute atomic E-state index is 0.322. The van der Waals surface area contributed by atoms with E-state index < -0.39 is 10.0 Å². The predicted molar refractivity (Wildman–Crippen MR) is 92.7 cm³/mol. The maximum Gasteiger partial charge on any atom is 0.240 e. The Labute approximate surface area is 138 Å². The van der Waals surface area contributed by atoms with Crippen LogP contribution in [-0.4, -0.2) is 28.1 Å². The maximum atomic E-state index is 12.5. The van der Waals surface area contributed by atoms with Gasteiger partial charge in [-0.1, -0.05) is 42.5 Å². The molecule has 3 rings (SSSR count). The van der Waals surface area contributed by atoms with E-state index in [4.69, 9.17) is 0 Å². The van der Waals surface area contributed by atoms with Gasteiger partial charge < -0.3 is 5.32 Å². The first-order valence-corrected chi connectivity index (χ1v) is 9.49. The zero-order valence-electron chi connectivity index (χ0n) is 13.0. The molecule has 1 unspecified atom stereocenters. The summed E-state index contributed by atoms with van der Waals surface area (Å²) in [7, 11) is -3.47. The van der Waals surface area contributed by atoms with E-state index in [0.29, 0.717) is 17.4 Å². The molecule has 2 aromatic rings. The third-order valence-electron chi connectivity index (χ3n) is 4.21. The average Bonchev–Trinajstić information content (AvgIpc) is 2.62. The molecule has 4 nitrogen and oxygen atoms in total. The molecule has 23 heavy (non-hydrogen) atoms. The second-order valence-corrected chi connectivity index (χ2v) is 7.73. The van der Waals surface area contributed by atoms with Gasteiger partial charge in [-0.25, -0.2) is 13.1 Å². The third kappa shape index (κ3) is 4.19. The fourth-order valence-electron chi connectivity index (χ4n) is 2.88. The van der Waals surface area contributed by atoms with E-state index in [1.165, 1.54) is 0 Å². The molecule has 1 heterocycles. The maximum absolute atomic E-state index is 12.5. The van der Waals surface area contributed by atoms with Crippen molar-refractivity contribution in [1.82, 2.24) is 10.0 Å². The summed E-state index contributed by atoms with van der Waals surface area (Å²) in [6.07, 6.45) is 2.18. The van der Waals surface area contributed by atoms with Crippen LogP contribution < -0.4 is 10.0 Å². The monoisotopic (exact) mass is 330 g/mol. The fourth-order valence-corrected chi connectivity index (χ4v) is 4.04. The predicted octanol–water partition coefficient (Wildman–Crippen LogP) is 2.63. The van der Waals surface area contributed by atoms with Crippen molar-refractivity contribution in [1.29, 1.82) is 0 Å². The highest BCUT2D eigenvalue weighted by molar-refractivity contribution is 7.89. The minimum atomic E-state index is -3.47. The zero-order chi connectivity index (χ0) is 16.1. The molecule has 0 bridgehead atoms. The lowest BCUT2D eigenvalue weighted by Crippen LogP contribution is -2.38. The molecule has 0 amide bonds. The van der Waals surface area contributed by atoms with Gasteiger partial charge in [0, 0.05) is 6.54 Å². The van der Waals surface area contributed by atoms with E-state index in [1.54, 1.807) is 18.2 Å². The van der Waals surface area contributed by atoms with E-state index in [1.807, 2.05) is 36.4 Å². The lowest BCUT2D eigenvalue weighted by Gasteiger charge is -2.22. The third-order valence-corrected chi connectivity index (χ3v) is 5.63. The largest absolute Gasteiger partial charge is 0.316 e. The Morgan fingerprint density at radius 2 is 1.83 bits per heavy atom. The molecule has 1 saturated heterocycles. The Hall–Kier alpha value is -1.69. The van der Waals surface area contributed by atoms with Crippen molar-refractivity contribution in [3.63, 3.8) is 0 Å². The fraction of sp³-hybridized carbons (Fsp3) is 0.333. The number of rotatable bonds is 5. The topological polar surface area (TPSA) is 58.2 Å². The molecule has 0 aromatic heterocycles. The quantitative estimate of drug-likeness (QED) is 0.886. The minimum Gasteiger partial charge on any atom is -0.316 e. The highest BCUT2D eigenvalue weighted by Gasteiger charge is 2.19. The summed E-state index contributed by atoms with van der Waals surface area (Å²) in [4.78, 5) is 0.322. The SMILES string of the molecule is O=S(=O)(NCC1CCCNC1)c1cccc(-c2ccccc2)c1. The molecular formula is C18H22N2O2S. The van der Waals surface area contributed by atoms with E-state index in [-0.39, 0.29) is 0 Å². The molecule has 0 saturated carbocycles. The molecule has 0 aliphatic carbocycles. The zero-order valence-corrected chi connectivity index (χ0v) is 13.9. The highest BCUT2D eigenvalue weighted by Crippen LogP contribution is 2.22. The summed E-state index contributed by atoms with van der Waals surface area (Å²) in [6, 6.07) is 16.9. The first kappa shape index (κ1) is 16.2. The Kier molecular flexibility index (Phi) is 5.10. The van der Waals surface area contributed by atoms with Crippen LogP contribution in [0.3, 0.4) is 0 Å². The molecule has 1 aliphatic heterocycles. The van der Waals surface area contributed by atoms with Gasteiger partial charge in [-0.05, 0) is 55.1 Å². The summed E-state index contributed by atoms with van der Waals surface area (Å²) in [6.45, 7) is 2.40. The number of hydrogen-bond acceptors (Lipinski definition) is 3. The molecule has 2 aromatic carbocycles. The Morgan fingerprint density at radius 3 is 2.57 bits per heavy atom. The van der Waals surface area contributed by atoms with Gasteiger partial charge in [-0.2, -0.15) is 0 Å². The van der Waals surface area contributed by atoms with Gasteiger partial charge in [0.25, 0.3) is 0 Å². The van der Waals surface area contributed by atoms with Gasteiger partial charge in [0.1, 0.15) is 0 Å². The highest BCUT2D eigenvalue weighted by atomic mass is 32.2. The van der Waals surface area contributed by atoms with Crippen LogP contribution in [-0.2, 0) is 10.0 Å². The van der Waals surface area contributed by atoms with Crippen molar-refractivity contribution in [3.8, 4) is 11.1 Å². The number of benzene rings is 2. The van der Waals surface area contributed by atoms with Crippen LogP contribution in [0.15, 0.2) is 59.5 Å². The van der Waals surface area contributed by atoms with Crippen LogP contribution in [0.4, 0.5) is 0 Å². The molecule has 122 valence electrons. The summed E-state index contributed by atoms with van der Waals surface area (Å²) in [5.41, 5.74) is 1.92. The Balaban J connectivity index is 1.74. The number of hydrogen-bond donors (Lipinski definition) is 2. The van der Waals surface area contributed by atoms with Crippen LogP contribution in [0.2, 0.25) is 0 Å². The molecule has 1 fully saturated rings. The van der Waals surface area contributed by atoms with E-state index >= 15 is 0 Å². The van der Waals surface area contributed by atoms with Crippen LogP contribution in [0, 0.1) is 5.92 Å². The number of sulfonamides is 1. The normalized spacial score (nSPS) is 18.7. The molecule has 1 atom stereocenters. The van der Waals surface area contributed by atoms with Crippen molar-refractivity contribution in [3.05, 3.63) is 54.6 Å². The van der Waals surface area contributed by atoms with E-state index in [9.17, 15) is 8.42 Å². The standard InChI is InChI=1S/C18H22N2O2S/c21-23(22,20-14-15-6-5-11-19-13-15)18-10-4-9-17(12-18)16-7-2-1-3-8-16/h1-4,7-10,12,15,19-20H,5-6,11,13-14H2. The second-order valence-electron chi connectivity index (χ2n) is 5.96. The van der Waals surface area contributed by atoms with Gasteiger partial charge in [-0.15, -0.1) is 0 Å². The summed E-state index contributed by atoms with van der Waals surface area (Å²) in [5, 5.41) is 3.31. The summed E-state index contributed by atoms with van der Waals surface area (Å²) >= 11 is 0. The van der Waals surface area contributed by atoms with Crippen LogP contribution in [0.5, 0.6) is 0 Å². The number of piperidine rings is 1. The van der Waals surface area contributed by atoms with Crippen molar-refractivity contribution in [2.24, 2.45) is 5.92 Å². The second kappa shape index (κ2) is 7.25. The Morgan fingerprint density at radius 1 is 1.04 bits per heavy atom. The van der Waals surface area contributed by atoms with Gasteiger partial charge in [0.2, 0.25) is 10.0 Å². The van der Waals surface area contributed by atoms with E-state index in [2.05, 4.69) is 10.0 Å².